The lowest BCUT2D eigenvalue weighted by atomic mass is 10.2. The summed E-state index contributed by atoms with van der Waals surface area (Å²) in [7, 11) is 0. The molecule has 0 aliphatic rings. The molecule has 0 fully saturated rings. The van der Waals surface area contributed by atoms with E-state index in [4.69, 9.17) is 21.1 Å². The van der Waals surface area contributed by atoms with Crippen LogP contribution in [0.25, 0.3) is 0 Å². The van der Waals surface area contributed by atoms with E-state index in [1.54, 1.807) is 18.3 Å². The average molecular weight is 551 g/mol. The van der Waals surface area contributed by atoms with Gasteiger partial charge in [0.05, 0.1) is 20.8 Å². The van der Waals surface area contributed by atoms with Crippen LogP contribution in [0.5, 0.6) is 11.5 Å². The lowest BCUT2D eigenvalue weighted by Crippen LogP contribution is -2.02. The molecule has 6 nitrogen and oxygen atoms in total. The van der Waals surface area contributed by atoms with E-state index >= 15 is 0 Å². The number of halogens is 2. The molecule has 0 aliphatic carbocycles. The maximum atomic E-state index is 10.8. The highest BCUT2D eigenvalue weighted by Crippen LogP contribution is 2.35. The third kappa shape index (κ3) is 6.18. The topological polar surface area (TPSA) is 74.0 Å². The number of benzene rings is 3. The summed E-state index contributed by atoms with van der Waals surface area (Å²) in [6.45, 7) is 4.64. The van der Waals surface area contributed by atoms with Gasteiger partial charge in [0.25, 0.3) is 5.69 Å². The van der Waals surface area contributed by atoms with Crippen molar-refractivity contribution in [1.82, 2.24) is 0 Å². The number of nitro groups is 1. The van der Waals surface area contributed by atoms with Crippen LogP contribution < -0.4 is 9.47 Å². The molecule has 0 radical (unpaired) electrons. The predicted molar refractivity (Wildman–Crippen MR) is 131 cm³/mol. The molecule has 0 atom stereocenters. The van der Waals surface area contributed by atoms with Crippen LogP contribution in [0.15, 0.2) is 59.6 Å². The number of hydrogen-bond donors (Lipinski definition) is 0. The summed E-state index contributed by atoms with van der Waals surface area (Å²) in [5.74, 6) is 1.23. The van der Waals surface area contributed by atoms with Gasteiger partial charge in [-0.3, -0.25) is 15.1 Å². The van der Waals surface area contributed by atoms with Gasteiger partial charge in [0.2, 0.25) is 0 Å². The van der Waals surface area contributed by atoms with E-state index in [9.17, 15) is 10.1 Å². The smallest absolute Gasteiger partial charge is 0.269 e. The Balaban J connectivity index is 1.82. The van der Waals surface area contributed by atoms with Gasteiger partial charge in [-0.25, -0.2) is 0 Å². The van der Waals surface area contributed by atoms with E-state index in [0.717, 1.165) is 25.9 Å². The SMILES string of the molecule is CCOc1cc(C=Nc2cc(Cl)ccc2C)cc(I)c1OCc1ccc([N+](=O)[O-])cc1. The second-order valence-electron chi connectivity index (χ2n) is 6.66. The standard InChI is InChI=1S/C23H20ClIN2O4/c1-3-30-22-11-17(13-26-21-12-18(24)7-4-15(21)2)10-20(25)23(22)31-14-16-5-8-19(9-6-16)27(28)29/h4-13H,3,14H2,1-2H3. The molecule has 3 rings (SSSR count). The van der Waals surface area contributed by atoms with E-state index in [0.29, 0.717) is 23.1 Å². The van der Waals surface area contributed by atoms with Crippen molar-refractivity contribution >= 4 is 51.8 Å². The fourth-order valence-electron chi connectivity index (χ4n) is 2.80. The van der Waals surface area contributed by atoms with E-state index in [1.165, 1.54) is 12.1 Å². The first-order valence-corrected chi connectivity index (χ1v) is 11.0. The molecule has 0 aromatic heterocycles. The molecule has 3 aromatic carbocycles. The molecule has 160 valence electrons. The molecule has 0 amide bonds. The minimum absolute atomic E-state index is 0.0481. The first-order valence-electron chi connectivity index (χ1n) is 9.50. The second-order valence-corrected chi connectivity index (χ2v) is 8.26. The van der Waals surface area contributed by atoms with Crippen LogP contribution in [0.3, 0.4) is 0 Å². The molecule has 0 saturated carbocycles. The van der Waals surface area contributed by atoms with Crippen molar-refractivity contribution < 1.29 is 14.4 Å². The Kier molecular flexibility index (Phi) is 7.86. The third-order valence-electron chi connectivity index (χ3n) is 4.39. The lowest BCUT2D eigenvalue weighted by Gasteiger charge is -2.15. The van der Waals surface area contributed by atoms with E-state index in [2.05, 4.69) is 27.6 Å². The van der Waals surface area contributed by atoms with Crippen molar-refractivity contribution in [2.45, 2.75) is 20.5 Å². The molecule has 3 aromatic rings. The van der Waals surface area contributed by atoms with Crippen molar-refractivity contribution in [3.63, 3.8) is 0 Å². The van der Waals surface area contributed by atoms with Crippen molar-refractivity contribution in [1.29, 1.82) is 0 Å². The van der Waals surface area contributed by atoms with Gasteiger partial charge in [-0.05, 0) is 89.5 Å². The Morgan fingerprint density at radius 2 is 1.87 bits per heavy atom. The zero-order chi connectivity index (χ0) is 22.4. The quantitative estimate of drug-likeness (QED) is 0.132. The molecule has 0 N–H and O–H groups in total. The van der Waals surface area contributed by atoms with Gasteiger partial charge in [-0.15, -0.1) is 0 Å². The Labute approximate surface area is 199 Å². The maximum Gasteiger partial charge on any atom is 0.269 e. The first kappa shape index (κ1) is 23.0. The van der Waals surface area contributed by atoms with Crippen LogP contribution >= 0.6 is 34.2 Å². The Morgan fingerprint density at radius 3 is 2.55 bits per heavy atom. The van der Waals surface area contributed by atoms with Crippen molar-refractivity contribution in [2.75, 3.05) is 6.61 Å². The van der Waals surface area contributed by atoms with Gasteiger partial charge in [-0.2, -0.15) is 0 Å². The van der Waals surface area contributed by atoms with E-state index < -0.39 is 4.92 Å². The van der Waals surface area contributed by atoms with Gasteiger partial charge in [0.1, 0.15) is 6.61 Å². The van der Waals surface area contributed by atoms with Crippen LogP contribution in [0, 0.1) is 20.6 Å². The molecule has 0 bridgehead atoms. The highest BCUT2D eigenvalue weighted by atomic mass is 127. The molecule has 31 heavy (non-hydrogen) atoms. The van der Waals surface area contributed by atoms with Crippen LogP contribution in [-0.2, 0) is 6.61 Å². The normalized spacial score (nSPS) is 11.0. The lowest BCUT2D eigenvalue weighted by molar-refractivity contribution is -0.384. The van der Waals surface area contributed by atoms with Gasteiger partial charge >= 0.3 is 0 Å². The van der Waals surface area contributed by atoms with Crippen molar-refractivity contribution in [3.8, 4) is 11.5 Å². The summed E-state index contributed by atoms with van der Waals surface area (Å²) < 4.78 is 12.7. The molecule has 0 aliphatic heterocycles. The summed E-state index contributed by atoms with van der Waals surface area (Å²) in [6.07, 6.45) is 1.77. The molecule has 0 heterocycles. The molecule has 0 unspecified atom stereocenters. The van der Waals surface area contributed by atoms with E-state index in [1.807, 2.05) is 44.2 Å². The average Bonchev–Trinajstić information content (AvgIpc) is 2.74. The van der Waals surface area contributed by atoms with Crippen LogP contribution in [0.4, 0.5) is 11.4 Å². The van der Waals surface area contributed by atoms with Gasteiger partial charge in [-0.1, -0.05) is 17.7 Å². The Morgan fingerprint density at radius 1 is 1.13 bits per heavy atom. The van der Waals surface area contributed by atoms with Crippen LogP contribution in [-0.4, -0.2) is 17.7 Å². The highest BCUT2D eigenvalue weighted by molar-refractivity contribution is 14.1. The number of nitro benzene ring substituents is 1. The summed E-state index contributed by atoms with van der Waals surface area (Å²) in [6, 6.07) is 15.7. The fraction of sp³-hybridized carbons (Fsp3) is 0.174. The summed E-state index contributed by atoms with van der Waals surface area (Å²) in [5.41, 5.74) is 3.58. The number of aliphatic imine (C=N–C) groups is 1. The predicted octanol–water partition coefficient (Wildman–Crippen LogP) is 6.89. The molecule has 8 heteroatoms. The van der Waals surface area contributed by atoms with Crippen LogP contribution in [0.2, 0.25) is 5.02 Å². The monoisotopic (exact) mass is 550 g/mol. The summed E-state index contributed by atoms with van der Waals surface area (Å²) in [5, 5.41) is 11.4. The van der Waals surface area contributed by atoms with Gasteiger partial charge < -0.3 is 9.47 Å². The number of non-ortho nitro benzene ring substituents is 1. The highest BCUT2D eigenvalue weighted by Gasteiger charge is 2.13. The number of rotatable bonds is 8. The largest absolute Gasteiger partial charge is 0.490 e. The molecule has 0 saturated heterocycles. The molecular weight excluding hydrogens is 531 g/mol. The molecular formula is C23H20ClIN2O4. The van der Waals surface area contributed by atoms with Crippen molar-refractivity contribution in [2.24, 2.45) is 4.99 Å². The summed E-state index contributed by atoms with van der Waals surface area (Å²) in [4.78, 5) is 14.9. The number of aryl methyl sites for hydroxylation is 1. The van der Waals surface area contributed by atoms with Gasteiger partial charge in [0.15, 0.2) is 11.5 Å². The first-order chi connectivity index (χ1) is 14.9. The fourth-order valence-corrected chi connectivity index (χ4v) is 3.75. The van der Waals surface area contributed by atoms with E-state index in [-0.39, 0.29) is 12.3 Å². The maximum absolute atomic E-state index is 10.8. The zero-order valence-electron chi connectivity index (χ0n) is 17.0. The minimum Gasteiger partial charge on any atom is -0.490 e. The minimum atomic E-state index is -0.425. The molecule has 0 spiro atoms. The van der Waals surface area contributed by atoms with Crippen LogP contribution in [0.1, 0.15) is 23.6 Å². The summed E-state index contributed by atoms with van der Waals surface area (Å²) >= 11 is 8.27. The Hall–Kier alpha value is -2.65. The number of nitrogens with zero attached hydrogens (tertiary/aromatic N) is 2. The zero-order valence-corrected chi connectivity index (χ0v) is 19.9. The van der Waals surface area contributed by atoms with Crippen molar-refractivity contribution in [3.05, 3.63) is 90.0 Å². The number of hydrogen-bond acceptors (Lipinski definition) is 5. The Bertz CT molecular complexity index is 1120. The second kappa shape index (κ2) is 10.6. The number of ether oxygens (including phenoxy) is 2. The third-order valence-corrected chi connectivity index (χ3v) is 5.42. The van der Waals surface area contributed by atoms with Gasteiger partial charge in [0, 0.05) is 23.4 Å².